The first-order valence-corrected chi connectivity index (χ1v) is 14.9. The van der Waals surface area contributed by atoms with Crippen molar-refractivity contribution in [2.75, 3.05) is 19.6 Å². The van der Waals surface area contributed by atoms with Gasteiger partial charge in [0.05, 0.1) is 4.88 Å². The summed E-state index contributed by atoms with van der Waals surface area (Å²) < 4.78 is 0. The zero-order chi connectivity index (χ0) is 24.8. The molecule has 7 heteroatoms. The van der Waals surface area contributed by atoms with Crippen molar-refractivity contribution < 1.29 is 9.59 Å². The van der Waals surface area contributed by atoms with Gasteiger partial charge >= 0.3 is 0 Å². The van der Waals surface area contributed by atoms with Gasteiger partial charge in [-0.2, -0.15) is 0 Å². The second-order valence-electron chi connectivity index (χ2n) is 11.6. The molecule has 2 aliphatic carbocycles. The molecule has 0 aromatic carbocycles. The van der Waals surface area contributed by atoms with E-state index in [4.69, 9.17) is 5.73 Å². The van der Waals surface area contributed by atoms with Gasteiger partial charge in [0, 0.05) is 37.8 Å². The highest BCUT2D eigenvalue weighted by Crippen LogP contribution is 2.30. The van der Waals surface area contributed by atoms with Crippen LogP contribution in [0.4, 0.5) is 0 Å². The van der Waals surface area contributed by atoms with Gasteiger partial charge in [-0.1, -0.05) is 39.2 Å². The molecule has 3 N–H and O–H groups in total. The molecule has 3 aliphatic rings. The van der Waals surface area contributed by atoms with E-state index in [0.29, 0.717) is 18.5 Å². The van der Waals surface area contributed by atoms with Crippen LogP contribution in [0, 0.1) is 11.8 Å². The number of amides is 2. The van der Waals surface area contributed by atoms with Crippen LogP contribution in [0.1, 0.15) is 94.1 Å². The number of likely N-dealkylation sites (tertiary alicyclic amines) is 1. The number of thiophene rings is 1. The Kier molecular flexibility index (Phi) is 9.65. The lowest BCUT2D eigenvalue weighted by Gasteiger charge is -2.45. The molecule has 2 heterocycles. The monoisotopic (exact) mass is 502 g/mol. The van der Waals surface area contributed by atoms with Gasteiger partial charge < -0.3 is 16.0 Å². The summed E-state index contributed by atoms with van der Waals surface area (Å²) in [7, 11) is 0. The number of nitrogens with zero attached hydrogens (tertiary/aromatic N) is 2. The highest BCUT2D eigenvalue weighted by atomic mass is 32.1. The molecule has 2 amide bonds. The van der Waals surface area contributed by atoms with Crippen LogP contribution in [-0.4, -0.2) is 65.4 Å². The highest BCUT2D eigenvalue weighted by Gasteiger charge is 2.40. The Morgan fingerprint density at radius 2 is 1.86 bits per heavy atom. The summed E-state index contributed by atoms with van der Waals surface area (Å²) in [4.78, 5) is 32.3. The molecule has 0 radical (unpaired) electrons. The molecule has 1 aromatic heterocycles. The molecule has 3 fully saturated rings. The zero-order valence-electron chi connectivity index (χ0n) is 21.8. The van der Waals surface area contributed by atoms with Gasteiger partial charge in [0.25, 0.3) is 5.91 Å². The Bertz CT molecular complexity index is 800. The molecule has 196 valence electrons. The van der Waals surface area contributed by atoms with E-state index in [1.807, 2.05) is 22.4 Å². The minimum absolute atomic E-state index is 0.00644. The third-order valence-electron chi connectivity index (χ3n) is 8.32. The summed E-state index contributed by atoms with van der Waals surface area (Å²) in [6.07, 6.45) is 12.2. The van der Waals surface area contributed by atoms with E-state index in [0.717, 1.165) is 62.4 Å². The molecular formula is C28H46N4O2S. The highest BCUT2D eigenvalue weighted by molar-refractivity contribution is 7.12. The molecule has 35 heavy (non-hydrogen) atoms. The lowest BCUT2D eigenvalue weighted by atomic mass is 9.87. The summed E-state index contributed by atoms with van der Waals surface area (Å²) >= 11 is 1.47. The van der Waals surface area contributed by atoms with Gasteiger partial charge in [0.2, 0.25) is 5.91 Å². The van der Waals surface area contributed by atoms with E-state index >= 15 is 0 Å². The summed E-state index contributed by atoms with van der Waals surface area (Å²) in [6, 6.07) is 4.17. The van der Waals surface area contributed by atoms with Crippen LogP contribution in [0.15, 0.2) is 17.5 Å². The van der Waals surface area contributed by atoms with Crippen molar-refractivity contribution in [1.82, 2.24) is 15.1 Å². The van der Waals surface area contributed by atoms with E-state index in [1.165, 1.54) is 43.4 Å². The first-order valence-electron chi connectivity index (χ1n) is 14.0. The van der Waals surface area contributed by atoms with Crippen molar-refractivity contribution >= 4 is 23.2 Å². The summed E-state index contributed by atoms with van der Waals surface area (Å²) in [6.45, 7) is 7.43. The normalized spacial score (nSPS) is 28.4. The van der Waals surface area contributed by atoms with Crippen LogP contribution in [0.3, 0.4) is 0 Å². The lowest BCUT2D eigenvalue weighted by molar-refractivity contribution is -0.128. The summed E-state index contributed by atoms with van der Waals surface area (Å²) in [5, 5.41) is 5.26. The first kappa shape index (κ1) is 26.6. The Balaban J connectivity index is 1.49. The molecular weight excluding hydrogens is 456 g/mol. The average molecular weight is 503 g/mol. The van der Waals surface area contributed by atoms with Crippen molar-refractivity contribution in [1.29, 1.82) is 0 Å². The first-order chi connectivity index (χ1) is 16.9. The van der Waals surface area contributed by atoms with E-state index in [1.54, 1.807) is 0 Å². The maximum Gasteiger partial charge on any atom is 0.264 e. The third kappa shape index (κ3) is 7.30. The molecule has 6 nitrogen and oxygen atoms in total. The molecule has 4 rings (SSSR count). The molecule has 1 unspecified atom stereocenters. The molecule has 0 spiro atoms. The van der Waals surface area contributed by atoms with Crippen LogP contribution in [0.25, 0.3) is 0 Å². The quantitative estimate of drug-likeness (QED) is 0.543. The molecule has 1 aromatic rings. The smallest absolute Gasteiger partial charge is 0.264 e. The summed E-state index contributed by atoms with van der Waals surface area (Å²) in [5.41, 5.74) is 6.08. The number of rotatable bonds is 8. The Labute approximate surface area is 216 Å². The Morgan fingerprint density at radius 3 is 2.51 bits per heavy atom. The fourth-order valence-electron chi connectivity index (χ4n) is 6.42. The van der Waals surface area contributed by atoms with Crippen molar-refractivity contribution in [2.45, 2.75) is 109 Å². The van der Waals surface area contributed by atoms with Gasteiger partial charge in [-0.25, -0.2) is 0 Å². The van der Waals surface area contributed by atoms with E-state index < -0.39 is 6.04 Å². The standard InChI is InChI=1S/C28H46N4O2S/c1-20(2)18-31(19-21-7-4-3-5-8-21)24-14-15-32(28(34)26-9-6-16-35-26)25(17-24)27(33)30-23-12-10-22(29)11-13-23/h6,9,16,20-25H,3-5,7-8,10-15,17-19,29H2,1-2H3,(H,30,33)/t22?,23?,24?,25-/m1/s1. The number of carbonyl (C=O) groups excluding carboxylic acids is 2. The molecule has 1 aliphatic heterocycles. The SMILES string of the molecule is CC(C)CN(CC1CCCCC1)C1CCN(C(=O)c2cccs2)[C@@H](C(=O)NC2CCC(N)CC2)C1. The third-order valence-corrected chi connectivity index (χ3v) is 9.18. The number of nitrogens with two attached hydrogens (primary N) is 1. The maximum atomic E-state index is 13.7. The van der Waals surface area contributed by atoms with E-state index in [-0.39, 0.29) is 23.9 Å². The van der Waals surface area contributed by atoms with Gasteiger partial charge in [0.1, 0.15) is 6.04 Å². The van der Waals surface area contributed by atoms with Crippen molar-refractivity contribution in [3.05, 3.63) is 22.4 Å². The second-order valence-corrected chi connectivity index (χ2v) is 12.6. The van der Waals surface area contributed by atoms with Crippen LogP contribution < -0.4 is 11.1 Å². The molecule has 1 saturated heterocycles. The molecule has 2 saturated carbocycles. The number of hydrogen-bond acceptors (Lipinski definition) is 5. The van der Waals surface area contributed by atoms with Crippen LogP contribution in [0.2, 0.25) is 0 Å². The van der Waals surface area contributed by atoms with Crippen LogP contribution in [-0.2, 0) is 4.79 Å². The fraction of sp³-hybridized carbons (Fsp3) is 0.786. The Hall–Kier alpha value is -1.44. The van der Waals surface area contributed by atoms with Gasteiger partial charge in [-0.15, -0.1) is 11.3 Å². The van der Waals surface area contributed by atoms with E-state index in [9.17, 15) is 9.59 Å². The topological polar surface area (TPSA) is 78.7 Å². The number of nitrogens with one attached hydrogen (secondary N) is 1. The molecule has 2 atom stereocenters. The summed E-state index contributed by atoms with van der Waals surface area (Å²) in [5.74, 6) is 1.39. The van der Waals surface area contributed by atoms with Crippen LogP contribution >= 0.6 is 11.3 Å². The number of hydrogen-bond donors (Lipinski definition) is 2. The fourth-order valence-corrected chi connectivity index (χ4v) is 7.09. The Morgan fingerprint density at radius 1 is 1.11 bits per heavy atom. The molecule has 0 bridgehead atoms. The van der Waals surface area contributed by atoms with Gasteiger partial charge in [-0.3, -0.25) is 14.5 Å². The maximum absolute atomic E-state index is 13.7. The predicted octanol–water partition coefficient (Wildman–Crippen LogP) is 4.65. The second kappa shape index (κ2) is 12.7. The lowest BCUT2D eigenvalue weighted by Crippen LogP contribution is -2.59. The zero-order valence-corrected chi connectivity index (χ0v) is 22.6. The van der Waals surface area contributed by atoms with E-state index in [2.05, 4.69) is 24.1 Å². The van der Waals surface area contributed by atoms with Crippen molar-refractivity contribution in [3.8, 4) is 0 Å². The average Bonchev–Trinajstić information content (AvgIpc) is 3.40. The van der Waals surface area contributed by atoms with Crippen molar-refractivity contribution in [2.24, 2.45) is 17.6 Å². The minimum atomic E-state index is -0.403. The largest absolute Gasteiger partial charge is 0.352 e. The van der Waals surface area contributed by atoms with Crippen molar-refractivity contribution in [3.63, 3.8) is 0 Å². The predicted molar refractivity (Wildman–Crippen MR) is 144 cm³/mol. The van der Waals surface area contributed by atoms with Gasteiger partial charge in [0.15, 0.2) is 0 Å². The minimum Gasteiger partial charge on any atom is -0.352 e. The number of carbonyl (C=O) groups is 2. The number of piperidine rings is 1. The van der Waals surface area contributed by atoms with Crippen LogP contribution in [0.5, 0.6) is 0 Å². The van der Waals surface area contributed by atoms with Gasteiger partial charge in [-0.05, 0) is 74.6 Å².